The first kappa shape index (κ1) is 24.8. The molecule has 2 aliphatic heterocycles. The summed E-state index contributed by atoms with van der Waals surface area (Å²) in [6.45, 7) is 6.79. The van der Waals surface area contributed by atoms with Crippen LogP contribution in [0, 0.1) is 0 Å². The van der Waals surface area contributed by atoms with Crippen LogP contribution in [0.25, 0.3) is 0 Å². The number of carbonyl (C=O) groups excluding carboxylic acids is 4. The van der Waals surface area contributed by atoms with Crippen LogP contribution in [0.5, 0.6) is 11.5 Å². The van der Waals surface area contributed by atoms with E-state index in [1.807, 2.05) is 0 Å². The molecule has 10 nitrogen and oxygen atoms in total. The summed E-state index contributed by atoms with van der Waals surface area (Å²) in [5, 5.41) is 0. The molecule has 0 aromatic heterocycles. The van der Waals surface area contributed by atoms with Crippen LogP contribution in [0.15, 0.2) is 73.8 Å². The molecule has 4 rings (SSSR count). The Morgan fingerprint density at radius 3 is 1.36 bits per heavy atom. The van der Waals surface area contributed by atoms with Gasteiger partial charge in [-0.05, 0) is 48.5 Å². The molecule has 0 bridgehead atoms. The van der Waals surface area contributed by atoms with Crippen molar-refractivity contribution in [3.63, 3.8) is 0 Å². The van der Waals surface area contributed by atoms with Crippen LogP contribution in [0.4, 0.5) is 0 Å². The number of rotatable bonds is 8. The van der Waals surface area contributed by atoms with Gasteiger partial charge in [-0.1, -0.05) is 13.2 Å². The highest BCUT2D eigenvalue weighted by Gasteiger charge is 2.51. The molecule has 2 aliphatic rings. The van der Waals surface area contributed by atoms with Gasteiger partial charge in [-0.3, -0.25) is 0 Å². The Morgan fingerprint density at radius 1 is 0.667 bits per heavy atom. The third kappa shape index (κ3) is 5.68. The van der Waals surface area contributed by atoms with E-state index < -0.39 is 48.3 Å². The molecule has 0 spiro atoms. The first-order chi connectivity index (χ1) is 17.4. The molecule has 0 radical (unpaired) electrons. The highest BCUT2D eigenvalue weighted by atomic mass is 16.7. The van der Waals surface area contributed by atoms with Crippen molar-refractivity contribution in [3.8, 4) is 11.5 Å². The fraction of sp³-hybridized carbons (Fsp3) is 0.231. The lowest BCUT2D eigenvalue weighted by molar-refractivity contribution is -0.129. The maximum absolute atomic E-state index is 12.6. The minimum absolute atomic E-state index is 0.0769. The van der Waals surface area contributed by atoms with Crippen molar-refractivity contribution in [2.75, 3.05) is 13.2 Å². The molecule has 186 valence electrons. The number of fused-ring (bicyclic) bond motifs is 1. The molecule has 0 unspecified atom stereocenters. The van der Waals surface area contributed by atoms with Gasteiger partial charge in [0.25, 0.3) is 0 Å². The van der Waals surface area contributed by atoms with E-state index in [1.165, 1.54) is 48.5 Å². The molecule has 2 saturated heterocycles. The van der Waals surface area contributed by atoms with Crippen LogP contribution in [-0.2, 0) is 28.5 Å². The van der Waals surface area contributed by atoms with Crippen LogP contribution in [0.1, 0.15) is 20.7 Å². The summed E-state index contributed by atoms with van der Waals surface area (Å²) in [6, 6.07) is 11.7. The average Bonchev–Trinajstić information content (AvgIpc) is 3.47. The van der Waals surface area contributed by atoms with Gasteiger partial charge in [0, 0.05) is 12.2 Å². The predicted molar refractivity (Wildman–Crippen MR) is 122 cm³/mol. The number of carbonyl (C=O) groups is 4. The zero-order valence-corrected chi connectivity index (χ0v) is 19.0. The van der Waals surface area contributed by atoms with Crippen LogP contribution in [-0.4, -0.2) is 61.5 Å². The second-order valence-corrected chi connectivity index (χ2v) is 7.78. The topological polar surface area (TPSA) is 124 Å². The Hall–Kier alpha value is -4.28. The monoisotopic (exact) mass is 494 g/mol. The van der Waals surface area contributed by atoms with E-state index in [4.69, 9.17) is 28.4 Å². The first-order valence-electron chi connectivity index (χ1n) is 10.9. The van der Waals surface area contributed by atoms with Gasteiger partial charge in [-0.25, -0.2) is 19.2 Å². The minimum Gasteiger partial charge on any atom is -0.453 e. The Balaban J connectivity index is 1.30. The van der Waals surface area contributed by atoms with Crippen molar-refractivity contribution in [1.82, 2.24) is 0 Å². The molecule has 2 heterocycles. The van der Waals surface area contributed by atoms with E-state index in [1.54, 1.807) is 0 Å². The molecule has 36 heavy (non-hydrogen) atoms. The van der Waals surface area contributed by atoms with E-state index >= 15 is 0 Å². The normalized spacial score (nSPS) is 22.1. The lowest BCUT2D eigenvalue weighted by atomic mass is 10.1. The number of hydrogen-bond acceptors (Lipinski definition) is 10. The maximum Gasteiger partial charge on any atom is 0.338 e. The Kier molecular flexibility index (Phi) is 7.57. The molecular formula is C26H22O10. The lowest BCUT2D eigenvalue weighted by Gasteiger charge is -2.17. The SMILES string of the molecule is C=CC(=O)Oc1ccc(C(=O)O[C@H]2CO[C@H]3[C@@H]2OC[C@H]3OC(=O)c2ccc(OC(=O)C=C)cc2)cc1. The standard InChI is InChI=1S/C26H22O10/c1-3-21(27)33-17-9-5-15(6-10-17)25(29)35-19-13-31-24-20(14-32-23(19)24)36-26(30)16-7-11-18(12-8-16)34-22(28)4-2/h3-12,19-20,23-24H,1-2,13-14H2/t19-,20+,23-,24-/m1/s1. The minimum atomic E-state index is -0.691. The number of esters is 4. The quantitative estimate of drug-likeness (QED) is 0.307. The van der Waals surface area contributed by atoms with Crippen LogP contribution in [0.3, 0.4) is 0 Å². The van der Waals surface area contributed by atoms with Gasteiger partial charge in [0.15, 0.2) is 12.2 Å². The Labute approximate surface area is 206 Å². The summed E-state index contributed by atoms with van der Waals surface area (Å²) in [7, 11) is 0. The Bertz CT molecular complexity index is 1070. The van der Waals surface area contributed by atoms with Crippen molar-refractivity contribution in [3.05, 3.63) is 85.0 Å². The second-order valence-electron chi connectivity index (χ2n) is 7.78. The lowest BCUT2D eigenvalue weighted by Crippen LogP contribution is -2.36. The maximum atomic E-state index is 12.6. The van der Waals surface area contributed by atoms with Gasteiger partial charge in [-0.2, -0.15) is 0 Å². The molecule has 2 fully saturated rings. The highest BCUT2D eigenvalue weighted by Crippen LogP contribution is 2.31. The second kappa shape index (κ2) is 11.0. The molecule has 2 aromatic rings. The van der Waals surface area contributed by atoms with E-state index in [2.05, 4.69) is 13.2 Å². The fourth-order valence-corrected chi connectivity index (χ4v) is 3.68. The van der Waals surface area contributed by atoms with Gasteiger partial charge in [-0.15, -0.1) is 0 Å². The average molecular weight is 494 g/mol. The largest absolute Gasteiger partial charge is 0.453 e. The van der Waals surface area contributed by atoms with Crippen LogP contribution < -0.4 is 9.47 Å². The zero-order valence-electron chi connectivity index (χ0n) is 19.0. The van der Waals surface area contributed by atoms with Gasteiger partial charge in [0.2, 0.25) is 0 Å². The van der Waals surface area contributed by atoms with Crippen molar-refractivity contribution in [1.29, 1.82) is 0 Å². The van der Waals surface area contributed by atoms with E-state index in [0.717, 1.165) is 12.2 Å². The van der Waals surface area contributed by atoms with Crippen LogP contribution >= 0.6 is 0 Å². The van der Waals surface area contributed by atoms with Gasteiger partial charge < -0.3 is 28.4 Å². The summed E-state index contributed by atoms with van der Waals surface area (Å²) in [6.07, 6.45) is -0.513. The van der Waals surface area contributed by atoms with Gasteiger partial charge in [0.05, 0.1) is 24.3 Å². The van der Waals surface area contributed by atoms with E-state index in [9.17, 15) is 19.2 Å². The summed E-state index contributed by atoms with van der Waals surface area (Å²) >= 11 is 0. The number of hydrogen-bond donors (Lipinski definition) is 0. The zero-order chi connectivity index (χ0) is 25.7. The molecule has 0 saturated carbocycles. The smallest absolute Gasteiger partial charge is 0.338 e. The summed E-state index contributed by atoms with van der Waals surface area (Å²) in [5.74, 6) is -1.91. The predicted octanol–water partition coefficient (Wildman–Crippen LogP) is 2.42. The summed E-state index contributed by atoms with van der Waals surface area (Å²) < 4.78 is 32.5. The third-order valence-electron chi connectivity index (χ3n) is 5.43. The number of ether oxygens (including phenoxy) is 6. The highest BCUT2D eigenvalue weighted by molar-refractivity contribution is 5.90. The van der Waals surface area contributed by atoms with E-state index in [-0.39, 0.29) is 35.8 Å². The van der Waals surface area contributed by atoms with Crippen molar-refractivity contribution >= 4 is 23.9 Å². The van der Waals surface area contributed by atoms with Crippen molar-refractivity contribution in [2.45, 2.75) is 24.4 Å². The number of benzene rings is 2. The molecule has 2 aromatic carbocycles. The van der Waals surface area contributed by atoms with E-state index in [0.29, 0.717) is 0 Å². The molecule has 10 heteroatoms. The third-order valence-corrected chi connectivity index (χ3v) is 5.43. The molecule has 4 atom stereocenters. The van der Waals surface area contributed by atoms with Gasteiger partial charge >= 0.3 is 23.9 Å². The van der Waals surface area contributed by atoms with Crippen molar-refractivity contribution in [2.24, 2.45) is 0 Å². The summed E-state index contributed by atoms with van der Waals surface area (Å²) in [5.41, 5.74) is 0.500. The van der Waals surface area contributed by atoms with Crippen LogP contribution in [0.2, 0.25) is 0 Å². The molecule has 0 N–H and O–H groups in total. The van der Waals surface area contributed by atoms with Gasteiger partial charge in [0.1, 0.15) is 23.7 Å². The first-order valence-corrected chi connectivity index (χ1v) is 10.9. The van der Waals surface area contributed by atoms with Crippen molar-refractivity contribution < 1.29 is 47.6 Å². The fourth-order valence-electron chi connectivity index (χ4n) is 3.68. The Morgan fingerprint density at radius 2 is 1.03 bits per heavy atom. The summed E-state index contributed by atoms with van der Waals surface area (Å²) in [4.78, 5) is 47.6. The molecule has 0 amide bonds. The molecular weight excluding hydrogens is 472 g/mol. The molecule has 0 aliphatic carbocycles.